The van der Waals surface area contributed by atoms with Gasteiger partial charge in [-0.25, -0.2) is 8.78 Å². The Morgan fingerprint density at radius 1 is 1.17 bits per heavy atom. The molecule has 118 valence electrons. The summed E-state index contributed by atoms with van der Waals surface area (Å²) in [5.41, 5.74) is -1.47. The number of carbonyl (C=O) groups excluding carboxylic acids is 1. The zero-order valence-electron chi connectivity index (χ0n) is 11.4. The minimum Gasteiger partial charge on any atom is -0.423 e. The van der Waals surface area contributed by atoms with E-state index in [1.54, 1.807) is 0 Å². The van der Waals surface area contributed by atoms with Crippen molar-refractivity contribution in [2.24, 2.45) is 0 Å². The molecule has 0 atom stereocenters. The van der Waals surface area contributed by atoms with Crippen LogP contribution in [-0.2, 0) is 0 Å². The fourth-order valence-corrected chi connectivity index (χ4v) is 1.81. The number of nitro groups is 1. The van der Waals surface area contributed by atoms with Gasteiger partial charge in [-0.3, -0.25) is 14.9 Å². The number of carbonyl (C=O) groups is 1. The van der Waals surface area contributed by atoms with Crippen molar-refractivity contribution in [2.45, 2.75) is 0 Å². The molecule has 0 fully saturated rings. The van der Waals surface area contributed by atoms with Crippen molar-refractivity contribution in [3.05, 3.63) is 63.7 Å². The molecule has 0 saturated carbocycles. The van der Waals surface area contributed by atoms with Gasteiger partial charge in [0.25, 0.3) is 11.6 Å². The van der Waals surface area contributed by atoms with E-state index in [0.717, 1.165) is 36.4 Å². The van der Waals surface area contributed by atoms with Crippen molar-refractivity contribution in [1.82, 2.24) is 0 Å². The summed E-state index contributed by atoms with van der Waals surface area (Å²) in [6.07, 6.45) is 0. The highest BCUT2D eigenvalue weighted by atomic mass is 19.1. The minimum atomic E-state index is -1.99. The van der Waals surface area contributed by atoms with Gasteiger partial charge in [0, 0.05) is 17.7 Å². The Hall–Kier alpha value is -2.85. The maximum atomic E-state index is 13.6. The number of hydrogen-bond acceptors (Lipinski definition) is 5. The SMILES string of the molecule is O=C(Nc1cc([N+](=O)[O-])ccc1F)c1cc(F)cc(B(O)O)c1. The third kappa shape index (κ3) is 3.87. The van der Waals surface area contributed by atoms with Crippen molar-refractivity contribution in [1.29, 1.82) is 0 Å². The molecule has 2 aromatic rings. The number of hydrogen-bond donors (Lipinski definition) is 3. The Labute approximate surface area is 128 Å². The molecular formula is C13H9BF2N2O5. The quantitative estimate of drug-likeness (QED) is 0.438. The Morgan fingerprint density at radius 3 is 2.48 bits per heavy atom. The molecule has 0 unspecified atom stereocenters. The average molecular weight is 322 g/mol. The molecule has 0 aliphatic rings. The summed E-state index contributed by atoms with van der Waals surface area (Å²) in [7, 11) is -1.99. The number of rotatable bonds is 4. The largest absolute Gasteiger partial charge is 0.488 e. The van der Waals surface area contributed by atoms with Crippen LogP contribution in [0.1, 0.15) is 10.4 Å². The molecule has 0 bridgehead atoms. The smallest absolute Gasteiger partial charge is 0.423 e. The second kappa shape index (κ2) is 6.50. The molecule has 10 heteroatoms. The number of nitrogens with zero attached hydrogens (tertiary/aromatic N) is 1. The van der Waals surface area contributed by atoms with Gasteiger partial charge in [0.1, 0.15) is 11.6 Å². The fraction of sp³-hybridized carbons (Fsp3) is 0. The highest BCUT2D eigenvalue weighted by Crippen LogP contribution is 2.21. The molecular weight excluding hydrogens is 313 g/mol. The summed E-state index contributed by atoms with van der Waals surface area (Å²) < 4.78 is 27.0. The summed E-state index contributed by atoms with van der Waals surface area (Å²) in [6, 6.07) is 5.16. The minimum absolute atomic E-state index is 0.269. The van der Waals surface area contributed by atoms with E-state index in [0.29, 0.717) is 0 Å². The van der Waals surface area contributed by atoms with E-state index < -0.39 is 41.0 Å². The third-order valence-electron chi connectivity index (χ3n) is 2.89. The first-order chi connectivity index (χ1) is 10.8. The third-order valence-corrected chi connectivity index (χ3v) is 2.89. The number of halogens is 2. The summed E-state index contributed by atoms with van der Waals surface area (Å²) in [5, 5.41) is 30.7. The lowest BCUT2D eigenvalue weighted by Gasteiger charge is -2.08. The molecule has 0 spiro atoms. The lowest BCUT2D eigenvalue weighted by molar-refractivity contribution is -0.384. The first kappa shape index (κ1) is 16.5. The fourth-order valence-electron chi connectivity index (χ4n) is 1.81. The lowest BCUT2D eigenvalue weighted by Crippen LogP contribution is -2.31. The van der Waals surface area contributed by atoms with Gasteiger partial charge >= 0.3 is 7.12 Å². The molecule has 0 radical (unpaired) electrons. The van der Waals surface area contributed by atoms with E-state index >= 15 is 0 Å². The lowest BCUT2D eigenvalue weighted by atomic mass is 9.79. The van der Waals surface area contributed by atoms with Crippen LogP contribution < -0.4 is 10.8 Å². The van der Waals surface area contributed by atoms with Crippen LogP contribution in [-0.4, -0.2) is 28.0 Å². The maximum Gasteiger partial charge on any atom is 0.488 e. The van der Waals surface area contributed by atoms with Gasteiger partial charge in [-0.15, -0.1) is 0 Å². The van der Waals surface area contributed by atoms with E-state index in [1.807, 2.05) is 0 Å². The van der Waals surface area contributed by atoms with Gasteiger partial charge < -0.3 is 15.4 Å². The van der Waals surface area contributed by atoms with Crippen LogP contribution >= 0.6 is 0 Å². The molecule has 7 nitrogen and oxygen atoms in total. The normalized spacial score (nSPS) is 10.3. The molecule has 2 aromatic carbocycles. The monoisotopic (exact) mass is 322 g/mol. The zero-order chi connectivity index (χ0) is 17.1. The Morgan fingerprint density at radius 2 is 1.87 bits per heavy atom. The van der Waals surface area contributed by atoms with E-state index in [4.69, 9.17) is 10.0 Å². The first-order valence-electron chi connectivity index (χ1n) is 6.20. The number of benzene rings is 2. The van der Waals surface area contributed by atoms with E-state index in [9.17, 15) is 23.7 Å². The number of anilines is 1. The van der Waals surface area contributed by atoms with Gasteiger partial charge in [0.05, 0.1) is 10.6 Å². The predicted molar refractivity (Wildman–Crippen MR) is 77.2 cm³/mol. The van der Waals surface area contributed by atoms with Crippen LogP contribution in [0.25, 0.3) is 0 Å². The Kier molecular flexibility index (Phi) is 4.67. The second-order valence-electron chi connectivity index (χ2n) is 4.52. The average Bonchev–Trinajstić information content (AvgIpc) is 2.48. The number of amides is 1. The number of nitrogens with one attached hydrogen (secondary N) is 1. The van der Waals surface area contributed by atoms with Crippen molar-refractivity contribution in [2.75, 3.05) is 5.32 Å². The summed E-state index contributed by atoms with van der Waals surface area (Å²) >= 11 is 0. The summed E-state index contributed by atoms with van der Waals surface area (Å²) in [4.78, 5) is 21.9. The van der Waals surface area contributed by atoms with E-state index in [1.165, 1.54) is 0 Å². The molecule has 0 aromatic heterocycles. The highest BCUT2D eigenvalue weighted by molar-refractivity contribution is 6.58. The van der Waals surface area contributed by atoms with Gasteiger partial charge in [-0.05, 0) is 29.7 Å². The molecule has 2 rings (SSSR count). The van der Waals surface area contributed by atoms with Gasteiger partial charge in [0.2, 0.25) is 0 Å². The predicted octanol–water partition coefficient (Wildman–Crippen LogP) is 0.805. The topological polar surface area (TPSA) is 113 Å². The summed E-state index contributed by atoms with van der Waals surface area (Å²) in [6.45, 7) is 0. The highest BCUT2D eigenvalue weighted by Gasteiger charge is 2.18. The zero-order valence-corrected chi connectivity index (χ0v) is 11.4. The van der Waals surface area contributed by atoms with Crippen molar-refractivity contribution in [3.63, 3.8) is 0 Å². The standard InChI is InChI=1S/C13H9BF2N2O5/c15-9-4-7(3-8(5-9)14(20)21)13(19)17-12-6-10(18(22)23)1-2-11(12)16/h1-6,20-21H,(H,17,19). The molecule has 0 heterocycles. The second-order valence-corrected chi connectivity index (χ2v) is 4.52. The molecule has 0 saturated heterocycles. The van der Waals surface area contributed by atoms with Crippen LogP contribution in [0.5, 0.6) is 0 Å². The van der Waals surface area contributed by atoms with Gasteiger partial charge in [-0.1, -0.05) is 0 Å². The Bertz CT molecular complexity index is 785. The number of nitro benzene ring substituents is 1. The van der Waals surface area contributed by atoms with Gasteiger partial charge in [-0.2, -0.15) is 0 Å². The van der Waals surface area contributed by atoms with E-state index in [2.05, 4.69) is 5.32 Å². The van der Waals surface area contributed by atoms with Crippen molar-refractivity contribution >= 4 is 29.9 Å². The van der Waals surface area contributed by atoms with Crippen molar-refractivity contribution in [3.8, 4) is 0 Å². The van der Waals surface area contributed by atoms with Crippen LogP contribution in [0, 0.1) is 21.7 Å². The summed E-state index contributed by atoms with van der Waals surface area (Å²) in [5.74, 6) is -2.78. The van der Waals surface area contributed by atoms with Crippen LogP contribution in [0.15, 0.2) is 36.4 Å². The maximum absolute atomic E-state index is 13.6. The molecule has 0 aliphatic carbocycles. The van der Waals surface area contributed by atoms with Gasteiger partial charge in [0.15, 0.2) is 0 Å². The molecule has 3 N–H and O–H groups in total. The van der Waals surface area contributed by atoms with Crippen LogP contribution in [0.3, 0.4) is 0 Å². The molecule has 23 heavy (non-hydrogen) atoms. The molecule has 0 aliphatic heterocycles. The van der Waals surface area contributed by atoms with E-state index in [-0.39, 0.29) is 11.0 Å². The molecule has 1 amide bonds. The first-order valence-corrected chi connectivity index (χ1v) is 6.20. The Balaban J connectivity index is 2.32. The van der Waals surface area contributed by atoms with Crippen LogP contribution in [0.2, 0.25) is 0 Å². The van der Waals surface area contributed by atoms with Crippen molar-refractivity contribution < 1.29 is 28.5 Å². The number of non-ortho nitro benzene ring substituents is 1. The van der Waals surface area contributed by atoms with Crippen LogP contribution in [0.4, 0.5) is 20.2 Å².